The van der Waals surface area contributed by atoms with E-state index in [4.69, 9.17) is 5.11 Å². The van der Waals surface area contributed by atoms with Gasteiger partial charge in [-0.3, -0.25) is 4.79 Å². The number of hydrogen-bond acceptors (Lipinski definition) is 2. The quantitative estimate of drug-likeness (QED) is 0.818. The molecule has 1 aliphatic carbocycles. The first kappa shape index (κ1) is 11.9. The number of aryl methyl sites for hydroxylation is 1. The van der Waals surface area contributed by atoms with Gasteiger partial charge >= 0.3 is 5.97 Å². The highest BCUT2D eigenvalue weighted by Crippen LogP contribution is 2.33. The number of carboxylic acids is 1. The normalized spacial score (nSPS) is 23.9. The van der Waals surface area contributed by atoms with Gasteiger partial charge in [0.05, 0.1) is 0 Å². The lowest BCUT2D eigenvalue weighted by Gasteiger charge is -2.12. The van der Waals surface area contributed by atoms with Crippen LogP contribution in [0.3, 0.4) is 0 Å². The molecule has 1 N–H and O–H groups in total. The molecule has 2 unspecified atom stereocenters. The van der Waals surface area contributed by atoms with Crippen LogP contribution in [-0.4, -0.2) is 21.4 Å². The summed E-state index contributed by atoms with van der Waals surface area (Å²) in [6.45, 7) is 2.09. The SMILES string of the molecule is CC1CCCC1C(=O)c1cc(C(=O)O)n(C)c1. The first-order valence-corrected chi connectivity index (χ1v) is 5.94. The molecule has 17 heavy (non-hydrogen) atoms. The third-order valence-electron chi connectivity index (χ3n) is 3.71. The van der Waals surface area contributed by atoms with E-state index in [9.17, 15) is 9.59 Å². The summed E-state index contributed by atoms with van der Waals surface area (Å²) in [5.41, 5.74) is 0.697. The predicted octanol–water partition coefficient (Wildman–Crippen LogP) is 2.34. The second-order valence-electron chi connectivity index (χ2n) is 4.91. The average molecular weight is 235 g/mol. The van der Waals surface area contributed by atoms with Crippen molar-refractivity contribution in [3.8, 4) is 0 Å². The minimum Gasteiger partial charge on any atom is -0.477 e. The number of carbonyl (C=O) groups is 2. The van der Waals surface area contributed by atoms with E-state index < -0.39 is 5.97 Å². The Hall–Kier alpha value is -1.58. The van der Waals surface area contributed by atoms with Gasteiger partial charge in [-0.25, -0.2) is 4.79 Å². The number of aromatic carboxylic acids is 1. The molecule has 1 saturated carbocycles. The topological polar surface area (TPSA) is 59.3 Å². The third-order valence-corrected chi connectivity index (χ3v) is 3.71. The van der Waals surface area contributed by atoms with Gasteiger partial charge in [0.1, 0.15) is 5.69 Å². The summed E-state index contributed by atoms with van der Waals surface area (Å²) < 4.78 is 1.50. The number of ketones is 1. The van der Waals surface area contributed by atoms with Gasteiger partial charge in [0, 0.05) is 24.7 Å². The Bertz CT molecular complexity index is 461. The third kappa shape index (κ3) is 2.12. The zero-order valence-corrected chi connectivity index (χ0v) is 10.1. The van der Waals surface area contributed by atoms with E-state index in [1.807, 2.05) is 0 Å². The Morgan fingerprint density at radius 2 is 2.12 bits per heavy atom. The van der Waals surface area contributed by atoms with Crippen LogP contribution in [-0.2, 0) is 7.05 Å². The van der Waals surface area contributed by atoms with Crippen molar-refractivity contribution in [1.29, 1.82) is 0 Å². The number of rotatable bonds is 3. The van der Waals surface area contributed by atoms with Crippen molar-refractivity contribution in [2.75, 3.05) is 0 Å². The van der Waals surface area contributed by atoms with Gasteiger partial charge in [-0.1, -0.05) is 13.3 Å². The van der Waals surface area contributed by atoms with E-state index in [0.717, 1.165) is 19.3 Å². The standard InChI is InChI=1S/C13H17NO3/c1-8-4-3-5-10(8)12(15)9-6-11(13(16)17)14(2)7-9/h6-8,10H,3-5H2,1-2H3,(H,16,17). The van der Waals surface area contributed by atoms with Crippen LogP contribution in [0.25, 0.3) is 0 Å². The summed E-state index contributed by atoms with van der Waals surface area (Å²) in [6.07, 6.45) is 4.74. The molecule has 2 atom stereocenters. The maximum Gasteiger partial charge on any atom is 0.352 e. The van der Waals surface area contributed by atoms with Crippen LogP contribution in [0.5, 0.6) is 0 Å². The van der Waals surface area contributed by atoms with Gasteiger partial charge in [-0.15, -0.1) is 0 Å². The monoisotopic (exact) mass is 235 g/mol. The van der Waals surface area contributed by atoms with Crippen LogP contribution in [0, 0.1) is 11.8 Å². The molecule has 0 amide bonds. The molecule has 1 aromatic heterocycles. The van der Waals surface area contributed by atoms with Crippen molar-refractivity contribution in [3.05, 3.63) is 23.5 Å². The predicted molar refractivity (Wildman–Crippen MR) is 63.2 cm³/mol. The van der Waals surface area contributed by atoms with Crippen molar-refractivity contribution >= 4 is 11.8 Å². The number of Topliss-reactive ketones (excluding diaryl/α,β-unsaturated/α-hetero) is 1. The lowest BCUT2D eigenvalue weighted by molar-refractivity contribution is 0.0686. The zero-order valence-electron chi connectivity index (χ0n) is 10.1. The minimum atomic E-state index is -0.994. The smallest absolute Gasteiger partial charge is 0.352 e. The fourth-order valence-corrected chi connectivity index (χ4v) is 2.66. The minimum absolute atomic E-state index is 0.0686. The molecule has 0 bridgehead atoms. The molecule has 1 heterocycles. The van der Waals surface area contributed by atoms with Crippen molar-refractivity contribution < 1.29 is 14.7 Å². The molecule has 1 aliphatic rings. The highest BCUT2D eigenvalue weighted by molar-refractivity contribution is 6.00. The van der Waals surface area contributed by atoms with Gasteiger partial charge in [-0.05, 0) is 24.8 Å². The molecule has 4 nitrogen and oxygen atoms in total. The zero-order chi connectivity index (χ0) is 12.6. The van der Waals surface area contributed by atoms with Crippen LogP contribution in [0.2, 0.25) is 0 Å². The van der Waals surface area contributed by atoms with E-state index in [0.29, 0.717) is 11.5 Å². The number of carboxylic acid groups (broad SMARTS) is 1. The Morgan fingerprint density at radius 1 is 1.41 bits per heavy atom. The lowest BCUT2D eigenvalue weighted by Crippen LogP contribution is -2.16. The number of carbonyl (C=O) groups excluding carboxylic acids is 1. The molecular formula is C13H17NO3. The Kier molecular flexibility index (Phi) is 3.05. The second kappa shape index (κ2) is 4.35. The van der Waals surface area contributed by atoms with Crippen molar-refractivity contribution in [1.82, 2.24) is 4.57 Å². The molecule has 0 aromatic carbocycles. The Balaban J connectivity index is 2.25. The maximum atomic E-state index is 12.2. The Morgan fingerprint density at radius 3 is 2.59 bits per heavy atom. The molecule has 0 radical (unpaired) electrons. The number of aromatic nitrogens is 1. The summed E-state index contributed by atoms with van der Waals surface area (Å²) in [6, 6.07) is 1.48. The maximum absolute atomic E-state index is 12.2. The van der Waals surface area contributed by atoms with Crippen LogP contribution < -0.4 is 0 Å². The average Bonchev–Trinajstić information content (AvgIpc) is 2.83. The number of nitrogens with zero attached hydrogens (tertiary/aromatic N) is 1. The largest absolute Gasteiger partial charge is 0.477 e. The van der Waals surface area contributed by atoms with Crippen LogP contribution >= 0.6 is 0 Å². The van der Waals surface area contributed by atoms with Crippen LogP contribution in [0.1, 0.15) is 47.0 Å². The molecule has 0 spiro atoms. The Labute approximate surface area is 100 Å². The van der Waals surface area contributed by atoms with Crippen molar-refractivity contribution in [3.63, 3.8) is 0 Å². The first-order chi connectivity index (χ1) is 8.00. The summed E-state index contributed by atoms with van der Waals surface area (Å²) in [4.78, 5) is 23.2. The highest BCUT2D eigenvalue weighted by atomic mass is 16.4. The van der Waals surface area contributed by atoms with E-state index in [-0.39, 0.29) is 17.4 Å². The van der Waals surface area contributed by atoms with Gasteiger partial charge in [0.25, 0.3) is 0 Å². The van der Waals surface area contributed by atoms with Crippen molar-refractivity contribution in [2.45, 2.75) is 26.2 Å². The summed E-state index contributed by atoms with van der Waals surface area (Å²) in [5, 5.41) is 8.95. The van der Waals surface area contributed by atoms with Gasteiger partial charge < -0.3 is 9.67 Å². The van der Waals surface area contributed by atoms with Gasteiger partial charge in [-0.2, -0.15) is 0 Å². The lowest BCUT2D eigenvalue weighted by atomic mass is 9.90. The molecule has 92 valence electrons. The first-order valence-electron chi connectivity index (χ1n) is 5.94. The second-order valence-corrected chi connectivity index (χ2v) is 4.91. The number of hydrogen-bond donors (Lipinski definition) is 1. The summed E-state index contributed by atoms with van der Waals surface area (Å²) in [5.74, 6) is -0.417. The van der Waals surface area contributed by atoms with Gasteiger partial charge in [0.2, 0.25) is 0 Å². The summed E-state index contributed by atoms with van der Waals surface area (Å²) in [7, 11) is 1.65. The van der Waals surface area contributed by atoms with E-state index in [1.54, 1.807) is 13.2 Å². The fraction of sp³-hybridized carbons (Fsp3) is 0.538. The van der Waals surface area contributed by atoms with E-state index >= 15 is 0 Å². The van der Waals surface area contributed by atoms with Crippen molar-refractivity contribution in [2.24, 2.45) is 18.9 Å². The molecule has 1 fully saturated rings. The highest BCUT2D eigenvalue weighted by Gasteiger charge is 2.31. The molecule has 0 aliphatic heterocycles. The van der Waals surface area contributed by atoms with Crippen LogP contribution in [0.15, 0.2) is 12.3 Å². The molecule has 0 saturated heterocycles. The molecule has 1 aromatic rings. The molecule has 4 heteroatoms. The fourth-order valence-electron chi connectivity index (χ4n) is 2.66. The molecule has 2 rings (SSSR count). The summed E-state index contributed by atoms with van der Waals surface area (Å²) >= 11 is 0. The van der Waals surface area contributed by atoms with E-state index in [1.165, 1.54) is 10.6 Å². The molecular weight excluding hydrogens is 218 g/mol. The van der Waals surface area contributed by atoms with Gasteiger partial charge in [0.15, 0.2) is 5.78 Å². The van der Waals surface area contributed by atoms with E-state index in [2.05, 4.69) is 6.92 Å². The van der Waals surface area contributed by atoms with Crippen LogP contribution in [0.4, 0.5) is 0 Å².